The van der Waals surface area contributed by atoms with Crippen LogP contribution in [0.1, 0.15) is 18.9 Å². The van der Waals surface area contributed by atoms with Gasteiger partial charge in [-0.3, -0.25) is 4.90 Å². The van der Waals surface area contributed by atoms with Gasteiger partial charge in [-0.2, -0.15) is 0 Å². The van der Waals surface area contributed by atoms with Crippen LogP contribution in [0.5, 0.6) is 11.5 Å². The number of nitrogens with one attached hydrogen (secondary N) is 1. The minimum Gasteiger partial charge on any atom is -0.497 e. The third-order valence-electron chi connectivity index (χ3n) is 4.13. The molecular weight excluding hydrogens is 304 g/mol. The first-order valence-corrected chi connectivity index (χ1v) is 8.10. The van der Waals surface area contributed by atoms with Crippen LogP contribution in [-0.4, -0.2) is 25.8 Å². The molecule has 0 saturated carbocycles. The van der Waals surface area contributed by atoms with Crippen molar-refractivity contribution in [2.24, 2.45) is 0 Å². The summed E-state index contributed by atoms with van der Waals surface area (Å²) in [6.45, 7) is 4.60. The molecule has 5 nitrogen and oxygen atoms in total. The number of methoxy groups -OCH3 is 1. The average Bonchev–Trinajstić information content (AvgIpc) is 2.61. The second-order valence-corrected chi connectivity index (χ2v) is 5.89. The number of rotatable bonds is 3. The van der Waals surface area contributed by atoms with Gasteiger partial charge in [0.15, 0.2) is 0 Å². The molecule has 0 aromatic heterocycles. The fourth-order valence-electron chi connectivity index (χ4n) is 2.73. The maximum atomic E-state index is 12.8. The number of carbonyl (C=O) groups excluding carboxylic acids is 1. The highest BCUT2D eigenvalue weighted by Crippen LogP contribution is 2.35. The van der Waals surface area contributed by atoms with Gasteiger partial charge in [-0.1, -0.05) is 13.0 Å². The molecule has 0 fully saturated rings. The Morgan fingerprint density at radius 2 is 2.04 bits per heavy atom. The largest absolute Gasteiger partial charge is 0.497 e. The molecule has 1 heterocycles. The zero-order valence-corrected chi connectivity index (χ0v) is 14.2. The minimum atomic E-state index is -0.159. The van der Waals surface area contributed by atoms with Crippen molar-refractivity contribution in [3.05, 3.63) is 48.0 Å². The number of urea groups is 1. The zero-order valence-electron chi connectivity index (χ0n) is 14.2. The lowest BCUT2D eigenvalue weighted by atomic mass is 10.1. The molecule has 5 heteroatoms. The summed E-state index contributed by atoms with van der Waals surface area (Å²) in [5.41, 5.74) is 2.63. The summed E-state index contributed by atoms with van der Waals surface area (Å²) in [5, 5.41) is 2.94. The van der Waals surface area contributed by atoms with E-state index in [2.05, 4.69) is 12.2 Å². The Kier molecular flexibility index (Phi) is 4.60. The molecule has 0 saturated heterocycles. The first-order valence-electron chi connectivity index (χ1n) is 8.10. The van der Waals surface area contributed by atoms with E-state index in [0.717, 1.165) is 34.9 Å². The highest BCUT2D eigenvalue weighted by Gasteiger charge is 2.29. The molecule has 0 bridgehead atoms. The van der Waals surface area contributed by atoms with Gasteiger partial charge in [0.2, 0.25) is 0 Å². The number of hydrogen-bond donors (Lipinski definition) is 1. The Morgan fingerprint density at radius 3 is 2.71 bits per heavy atom. The maximum absolute atomic E-state index is 12.8. The highest BCUT2D eigenvalue weighted by atomic mass is 16.5. The topological polar surface area (TPSA) is 50.8 Å². The van der Waals surface area contributed by atoms with E-state index in [-0.39, 0.29) is 12.1 Å². The van der Waals surface area contributed by atoms with E-state index in [1.807, 2.05) is 49.4 Å². The number of anilines is 2. The zero-order chi connectivity index (χ0) is 17.1. The fraction of sp³-hybridized carbons (Fsp3) is 0.316. The number of ether oxygens (including phenoxy) is 2. The molecule has 24 heavy (non-hydrogen) atoms. The minimum absolute atomic E-state index is 0.00169. The van der Waals surface area contributed by atoms with Gasteiger partial charge in [-0.05, 0) is 55.3 Å². The number of fused-ring (bicyclic) bond motifs is 1. The van der Waals surface area contributed by atoms with Crippen LogP contribution >= 0.6 is 0 Å². The van der Waals surface area contributed by atoms with E-state index < -0.39 is 0 Å². The molecule has 0 spiro atoms. The Balaban J connectivity index is 1.84. The summed E-state index contributed by atoms with van der Waals surface area (Å²) in [5.74, 6) is 1.51. The van der Waals surface area contributed by atoms with Crippen LogP contribution in [0.3, 0.4) is 0 Å². The monoisotopic (exact) mass is 326 g/mol. The first kappa shape index (κ1) is 16.2. The van der Waals surface area contributed by atoms with Crippen molar-refractivity contribution in [1.29, 1.82) is 0 Å². The quantitative estimate of drug-likeness (QED) is 0.919. The summed E-state index contributed by atoms with van der Waals surface area (Å²) < 4.78 is 11.1. The van der Waals surface area contributed by atoms with Crippen LogP contribution in [0.2, 0.25) is 0 Å². The first-order chi connectivity index (χ1) is 11.6. The molecule has 1 aliphatic heterocycles. The van der Waals surface area contributed by atoms with Crippen molar-refractivity contribution < 1.29 is 14.3 Å². The molecule has 126 valence electrons. The average molecular weight is 326 g/mol. The van der Waals surface area contributed by atoms with Crippen LogP contribution in [-0.2, 0) is 0 Å². The smallest absolute Gasteiger partial charge is 0.326 e. The number of aryl methyl sites for hydroxylation is 1. The van der Waals surface area contributed by atoms with Gasteiger partial charge in [-0.15, -0.1) is 0 Å². The van der Waals surface area contributed by atoms with Crippen LogP contribution in [0, 0.1) is 6.92 Å². The van der Waals surface area contributed by atoms with Gasteiger partial charge >= 0.3 is 6.03 Å². The lowest BCUT2D eigenvalue weighted by molar-refractivity contribution is 0.188. The van der Waals surface area contributed by atoms with E-state index in [4.69, 9.17) is 9.47 Å². The maximum Gasteiger partial charge on any atom is 0.326 e. The SMILES string of the molecule is CC[C@@H]1CN(C(=O)Nc2ccc(OC)cc2)c2cc(C)ccc2O1. The predicted molar refractivity (Wildman–Crippen MR) is 95.2 cm³/mol. The standard InChI is InChI=1S/C19H22N2O3/c1-4-15-12-21(17-11-13(2)5-10-18(17)24-15)19(22)20-14-6-8-16(23-3)9-7-14/h5-11,15H,4,12H2,1-3H3,(H,20,22)/t15-/m1/s1. The van der Waals surface area contributed by atoms with Crippen LogP contribution in [0.4, 0.5) is 16.2 Å². The molecule has 0 radical (unpaired) electrons. The molecule has 1 N–H and O–H groups in total. The van der Waals surface area contributed by atoms with Crippen LogP contribution < -0.4 is 19.7 Å². The Bertz CT molecular complexity index is 728. The fourth-order valence-corrected chi connectivity index (χ4v) is 2.73. The van der Waals surface area contributed by atoms with E-state index >= 15 is 0 Å². The molecule has 2 aromatic carbocycles. The summed E-state index contributed by atoms with van der Waals surface area (Å²) >= 11 is 0. The van der Waals surface area contributed by atoms with Crippen molar-refractivity contribution >= 4 is 17.4 Å². The second kappa shape index (κ2) is 6.83. The third kappa shape index (κ3) is 3.30. The van der Waals surface area contributed by atoms with Gasteiger partial charge in [0.25, 0.3) is 0 Å². The number of hydrogen-bond acceptors (Lipinski definition) is 3. The van der Waals surface area contributed by atoms with Crippen molar-refractivity contribution in [3.8, 4) is 11.5 Å². The van der Waals surface area contributed by atoms with Gasteiger partial charge in [0, 0.05) is 5.69 Å². The van der Waals surface area contributed by atoms with Crippen molar-refractivity contribution in [2.45, 2.75) is 26.4 Å². The summed E-state index contributed by atoms with van der Waals surface area (Å²) in [4.78, 5) is 14.5. The molecular formula is C19H22N2O3. The number of amides is 2. The normalized spacial score (nSPS) is 16.1. The molecule has 3 rings (SSSR count). The Morgan fingerprint density at radius 1 is 1.29 bits per heavy atom. The van der Waals surface area contributed by atoms with Gasteiger partial charge in [-0.25, -0.2) is 4.79 Å². The number of nitrogens with zero attached hydrogens (tertiary/aromatic N) is 1. The van der Waals surface area contributed by atoms with Crippen molar-refractivity contribution in [1.82, 2.24) is 0 Å². The second-order valence-electron chi connectivity index (χ2n) is 5.89. The summed E-state index contributed by atoms with van der Waals surface area (Å²) in [6, 6.07) is 13.0. The van der Waals surface area contributed by atoms with E-state index in [1.54, 1.807) is 12.0 Å². The molecule has 1 atom stereocenters. The van der Waals surface area contributed by atoms with E-state index in [9.17, 15) is 4.79 Å². The van der Waals surface area contributed by atoms with Crippen molar-refractivity contribution in [3.63, 3.8) is 0 Å². The van der Waals surface area contributed by atoms with Crippen molar-refractivity contribution in [2.75, 3.05) is 23.9 Å². The lowest BCUT2D eigenvalue weighted by Crippen LogP contribution is -2.45. The summed E-state index contributed by atoms with van der Waals surface area (Å²) in [7, 11) is 1.62. The van der Waals surface area contributed by atoms with Crippen LogP contribution in [0.25, 0.3) is 0 Å². The number of benzene rings is 2. The van der Waals surface area contributed by atoms with Crippen LogP contribution in [0.15, 0.2) is 42.5 Å². The number of carbonyl (C=O) groups is 1. The van der Waals surface area contributed by atoms with Gasteiger partial charge in [0.05, 0.1) is 19.3 Å². The molecule has 0 aliphatic carbocycles. The molecule has 2 amide bonds. The van der Waals surface area contributed by atoms with Gasteiger partial charge in [0.1, 0.15) is 17.6 Å². The van der Waals surface area contributed by atoms with Gasteiger partial charge < -0.3 is 14.8 Å². The molecule has 1 aliphatic rings. The Labute approximate surface area is 142 Å². The molecule has 2 aromatic rings. The lowest BCUT2D eigenvalue weighted by Gasteiger charge is -2.34. The third-order valence-corrected chi connectivity index (χ3v) is 4.13. The molecule has 0 unspecified atom stereocenters. The Hall–Kier alpha value is -2.69. The van der Waals surface area contributed by atoms with E-state index in [0.29, 0.717) is 6.54 Å². The predicted octanol–water partition coefficient (Wildman–Crippen LogP) is 4.21. The highest BCUT2D eigenvalue weighted by molar-refractivity contribution is 6.03. The van der Waals surface area contributed by atoms with E-state index in [1.165, 1.54) is 0 Å². The summed E-state index contributed by atoms with van der Waals surface area (Å²) in [6.07, 6.45) is 0.849.